The van der Waals surface area contributed by atoms with Gasteiger partial charge < -0.3 is 9.64 Å². The molecule has 0 bridgehead atoms. The number of carbonyl (C=O) groups excluding carboxylic acids is 1. The minimum Gasteiger partial charge on any atom is -0.466 e. The Bertz CT molecular complexity index is 876. The van der Waals surface area contributed by atoms with E-state index >= 15 is 0 Å². The SMILES string of the molecule is CCOC(=O)[C@@H]1CCCN(c2nc(C(C)C)nc3sc4c(c23)CC[C@H](C)C4)C1. The van der Waals surface area contributed by atoms with Gasteiger partial charge >= 0.3 is 5.97 Å². The zero-order valence-electron chi connectivity index (χ0n) is 17.5. The Morgan fingerprint density at radius 2 is 2.14 bits per heavy atom. The van der Waals surface area contributed by atoms with E-state index in [1.807, 2.05) is 18.3 Å². The summed E-state index contributed by atoms with van der Waals surface area (Å²) in [4.78, 5) is 27.3. The van der Waals surface area contributed by atoms with E-state index in [0.29, 0.717) is 13.2 Å². The molecule has 1 aliphatic carbocycles. The van der Waals surface area contributed by atoms with E-state index < -0.39 is 0 Å². The highest BCUT2D eigenvalue weighted by Crippen LogP contribution is 2.42. The number of carbonyl (C=O) groups is 1. The highest BCUT2D eigenvalue weighted by Gasteiger charge is 2.31. The topological polar surface area (TPSA) is 55.3 Å². The quantitative estimate of drug-likeness (QED) is 0.694. The summed E-state index contributed by atoms with van der Waals surface area (Å²) in [5.41, 5.74) is 1.46. The van der Waals surface area contributed by atoms with E-state index in [9.17, 15) is 4.79 Å². The normalized spacial score (nSPS) is 22.5. The van der Waals surface area contributed by atoms with Crippen LogP contribution in [0.2, 0.25) is 0 Å². The summed E-state index contributed by atoms with van der Waals surface area (Å²) in [6, 6.07) is 0. The van der Waals surface area contributed by atoms with Crippen molar-refractivity contribution in [2.75, 3.05) is 24.6 Å². The number of hydrogen-bond acceptors (Lipinski definition) is 6. The first kappa shape index (κ1) is 19.6. The molecule has 3 heterocycles. The third kappa shape index (κ3) is 3.63. The molecule has 0 spiro atoms. The summed E-state index contributed by atoms with van der Waals surface area (Å²) in [6.07, 6.45) is 5.39. The van der Waals surface area contributed by atoms with E-state index in [-0.39, 0.29) is 17.8 Å². The van der Waals surface area contributed by atoms with Crippen molar-refractivity contribution >= 4 is 33.3 Å². The van der Waals surface area contributed by atoms with E-state index in [1.54, 1.807) is 0 Å². The molecule has 0 unspecified atom stereocenters. The number of hydrogen-bond donors (Lipinski definition) is 0. The van der Waals surface area contributed by atoms with Crippen LogP contribution >= 0.6 is 11.3 Å². The highest BCUT2D eigenvalue weighted by molar-refractivity contribution is 7.19. The zero-order valence-corrected chi connectivity index (χ0v) is 18.3. The van der Waals surface area contributed by atoms with Crippen LogP contribution in [-0.4, -0.2) is 35.6 Å². The maximum Gasteiger partial charge on any atom is 0.310 e. The molecule has 4 rings (SSSR count). The maximum absolute atomic E-state index is 12.4. The van der Waals surface area contributed by atoms with Crippen LogP contribution in [-0.2, 0) is 22.4 Å². The minimum absolute atomic E-state index is 0.0595. The molecular weight excluding hydrogens is 370 g/mol. The predicted octanol–water partition coefficient (Wildman–Crippen LogP) is 4.72. The van der Waals surface area contributed by atoms with Crippen LogP contribution in [0, 0.1) is 11.8 Å². The Morgan fingerprint density at radius 3 is 2.89 bits per heavy atom. The number of aromatic nitrogens is 2. The second-order valence-corrected chi connectivity index (χ2v) is 9.71. The summed E-state index contributed by atoms with van der Waals surface area (Å²) in [6.45, 7) is 10.6. The fourth-order valence-electron chi connectivity index (χ4n) is 4.45. The fraction of sp³-hybridized carbons (Fsp3) is 0.682. The maximum atomic E-state index is 12.4. The van der Waals surface area contributed by atoms with E-state index in [0.717, 1.165) is 54.6 Å². The molecule has 1 aliphatic heterocycles. The van der Waals surface area contributed by atoms with Crippen LogP contribution < -0.4 is 4.90 Å². The van der Waals surface area contributed by atoms with Gasteiger partial charge in [-0.1, -0.05) is 20.8 Å². The first-order valence-corrected chi connectivity index (χ1v) is 11.5. The lowest BCUT2D eigenvalue weighted by Gasteiger charge is -2.33. The van der Waals surface area contributed by atoms with Gasteiger partial charge in [0, 0.05) is 23.9 Å². The number of aryl methyl sites for hydroxylation is 1. The Hall–Kier alpha value is -1.69. The van der Waals surface area contributed by atoms with Crippen LogP contribution in [0.15, 0.2) is 0 Å². The smallest absolute Gasteiger partial charge is 0.310 e. The number of piperidine rings is 1. The molecule has 0 amide bonds. The van der Waals surface area contributed by atoms with Gasteiger partial charge in [-0.05, 0) is 50.5 Å². The standard InChI is InChI=1S/C22H31N3O2S/c1-5-27-22(26)15-7-6-10-25(12-15)20-18-16-9-8-14(4)11-17(16)28-21(18)24-19(23-20)13(2)3/h13-15H,5-12H2,1-4H3/t14-,15+/m0/s1. The van der Waals surface area contributed by atoms with E-state index in [2.05, 4.69) is 25.7 Å². The second kappa shape index (κ2) is 7.97. The summed E-state index contributed by atoms with van der Waals surface area (Å²) >= 11 is 1.86. The van der Waals surface area contributed by atoms with Gasteiger partial charge in [0.25, 0.3) is 0 Å². The third-order valence-corrected chi connectivity index (χ3v) is 7.16. The molecule has 5 nitrogen and oxygen atoms in total. The van der Waals surface area contributed by atoms with Gasteiger partial charge in [-0.2, -0.15) is 0 Å². The number of nitrogens with zero attached hydrogens (tertiary/aromatic N) is 3. The summed E-state index contributed by atoms with van der Waals surface area (Å²) in [5.74, 6) is 2.86. The number of fused-ring (bicyclic) bond motifs is 3. The van der Waals surface area contributed by atoms with Crippen LogP contribution in [0.5, 0.6) is 0 Å². The van der Waals surface area contributed by atoms with Crippen LogP contribution in [0.25, 0.3) is 10.2 Å². The molecule has 1 saturated heterocycles. The van der Waals surface area contributed by atoms with Crippen molar-refractivity contribution in [2.45, 2.75) is 65.7 Å². The molecule has 2 aromatic rings. The molecule has 2 atom stereocenters. The number of thiophene rings is 1. The average molecular weight is 402 g/mol. The van der Waals surface area contributed by atoms with Crippen LogP contribution in [0.4, 0.5) is 5.82 Å². The number of anilines is 1. The largest absolute Gasteiger partial charge is 0.466 e. The van der Waals surface area contributed by atoms with Gasteiger partial charge in [0.1, 0.15) is 16.5 Å². The van der Waals surface area contributed by atoms with Gasteiger partial charge in [0.2, 0.25) is 0 Å². The first-order chi connectivity index (χ1) is 13.5. The van der Waals surface area contributed by atoms with Crippen molar-refractivity contribution in [3.8, 4) is 0 Å². The molecule has 2 aliphatic rings. The molecule has 0 N–H and O–H groups in total. The molecule has 152 valence electrons. The van der Waals surface area contributed by atoms with Gasteiger partial charge in [-0.25, -0.2) is 9.97 Å². The monoisotopic (exact) mass is 401 g/mol. The lowest BCUT2D eigenvalue weighted by atomic mass is 9.89. The van der Waals surface area contributed by atoms with Gasteiger partial charge in [-0.3, -0.25) is 4.79 Å². The number of esters is 1. The second-order valence-electron chi connectivity index (χ2n) is 8.63. The zero-order chi connectivity index (χ0) is 19.8. The van der Waals surface area contributed by atoms with Gasteiger partial charge in [0.05, 0.1) is 17.9 Å². The Balaban J connectivity index is 1.77. The van der Waals surface area contributed by atoms with E-state index in [4.69, 9.17) is 14.7 Å². The molecule has 0 saturated carbocycles. The van der Waals surface area contributed by atoms with Crippen molar-refractivity contribution < 1.29 is 9.53 Å². The van der Waals surface area contributed by atoms with Crippen molar-refractivity contribution in [2.24, 2.45) is 11.8 Å². The average Bonchev–Trinajstić information content (AvgIpc) is 3.04. The molecule has 6 heteroatoms. The predicted molar refractivity (Wildman–Crippen MR) is 114 cm³/mol. The Kier molecular flexibility index (Phi) is 5.59. The van der Waals surface area contributed by atoms with Crippen molar-refractivity contribution in [3.05, 3.63) is 16.3 Å². The van der Waals surface area contributed by atoms with Crippen molar-refractivity contribution in [1.29, 1.82) is 0 Å². The molecule has 2 aromatic heterocycles. The first-order valence-electron chi connectivity index (χ1n) is 10.7. The van der Waals surface area contributed by atoms with Crippen LogP contribution in [0.3, 0.4) is 0 Å². The van der Waals surface area contributed by atoms with Crippen LogP contribution in [0.1, 0.15) is 69.1 Å². The van der Waals surface area contributed by atoms with Crippen molar-refractivity contribution in [1.82, 2.24) is 9.97 Å². The fourth-order valence-corrected chi connectivity index (χ4v) is 5.83. The molecule has 28 heavy (non-hydrogen) atoms. The molecule has 0 radical (unpaired) electrons. The third-order valence-electron chi connectivity index (χ3n) is 6.01. The summed E-state index contributed by atoms with van der Waals surface area (Å²) < 4.78 is 5.31. The molecular formula is C22H31N3O2S. The minimum atomic E-state index is -0.0669. The van der Waals surface area contributed by atoms with E-state index in [1.165, 1.54) is 22.2 Å². The lowest BCUT2D eigenvalue weighted by molar-refractivity contribution is -0.148. The molecule has 1 fully saturated rings. The molecule has 0 aromatic carbocycles. The summed E-state index contributed by atoms with van der Waals surface area (Å²) in [7, 11) is 0. The van der Waals surface area contributed by atoms with Crippen molar-refractivity contribution in [3.63, 3.8) is 0 Å². The van der Waals surface area contributed by atoms with Gasteiger partial charge in [-0.15, -0.1) is 11.3 Å². The summed E-state index contributed by atoms with van der Waals surface area (Å²) in [5, 5.41) is 1.25. The Morgan fingerprint density at radius 1 is 1.32 bits per heavy atom. The highest BCUT2D eigenvalue weighted by atomic mass is 32.1. The lowest BCUT2D eigenvalue weighted by Crippen LogP contribution is -2.40. The number of ether oxygens (including phenoxy) is 1. The number of rotatable bonds is 4. The van der Waals surface area contributed by atoms with Gasteiger partial charge in [0.15, 0.2) is 0 Å². The Labute approximate surface area is 171 Å².